The van der Waals surface area contributed by atoms with Gasteiger partial charge in [-0.15, -0.1) is 10.2 Å². The number of rotatable bonds is 4. The number of carbonyl (C=O) groups excluding carboxylic acids is 1. The van der Waals surface area contributed by atoms with E-state index in [1.165, 1.54) is 0 Å². The molecule has 1 unspecified atom stereocenters. The molecule has 4 heterocycles. The second-order valence-electron chi connectivity index (χ2n) is 8.28. The van der Waals surface area contributed by atoms with E-state index < -0.39 is 0 Å². The molecule has 8 nitrogen and oxygen atoms in total. The number of anilines is 2. The van der Waals surface area contributed by atoms with Crippen LogP contribution in [0.2, 0.25) is 5.02 Å². The molecule has 3 aromatic rings. The summed E-state index contributed by atoms with van der Waals surface area (Å²) in [6.45, 7) is 4.69. The van der Waals surface area contributed by atoms with Crippen molar-refractivity contribution < 1.29 is 4.79 Å². The molecule has 32 heavy (non-hydrogen) atoms. The minimum Gasteiger partial charge on any atom is -0.368 e. The maximum atomic E-state index is 13.2. The van der Waals surface area contributed by atoms with Crippen LogP contribution in [-0.4, -0.2) is 70.1 Å². The maximum Gasteiger partial charge on any atom is 0.227 e. The van der Waals surface area contributed by atoms with Gasteiger partial charge in [0, 0.05) is 62.4 Å². The predicted molar refractivity (Wildman–Crippen MR) is 124 cm³/mol. The van der Waals surface area contributed by atoms with Crippen LogP contribution >= 0.6 is 11.6 Å². The van der Waals surface area contributed by atoms with E-state index in [0.29, 0.717) is 12.4 Å². The average Bonchev–Trinajstić information content (AvgIpc) is 3.39. The Morgan fingerprint density at radius 2 is 1.75 bits per heavy atom. The van der Waals surface area contributed by atoms with Crippen molar-refractivity contribution in [2.75, 3.05) is 49.1 Å². The highest BCUT2D eigenvalue weighted by Gasteiger charge is 2.31. The number of hydrogen-bond acceptors (Lipinski definition) is 6. The Morgan fingerprint density at radius 1 is 0.938 bits per heavy atom. The molecule has 0 radical (unpaired) electrons. The van der Waals surface area contributed by atoms with Crippen molar-refractivity contribution in [3.63, 3.8) is 0 Å². The van der Waals surface area contributed by atoms with Crippen molar-refractivity contribution in [3.05, 3.63) is 59.9 Å². The van der Waals surface area contributed by atoms with Gasteiger partial charge in [-0.3, -0.25) is 4.79 Å². The number of amides is 1. The standard InChI is InChI=1S/C23H26ClN7O/c24-19-5-1-6-20(16-19)28-12-14-29(15-13-28)23(32)18-4-2-10-30(17-18)21-7-8-22(27-26-21)31-11-3-9-25-31/h1,3,5-9,11,16,18H,2,4,10,12-15,17H2. The molecule has 0 bridgehead atoms. The fraction of sp³-hybridized carbons (Fsp3) is 0.391. The highest BCUT2D eigenvalue weighted by atomic mass is 35.5. The average molecular weight is 452 g/mol. The minimum absolute atomic E-state index is 0.00550. The summed E-state index contributed by atoms with van der Waals surface area (Å²) >= 11 is 6.13. The zero-order valence-corrected chi connectivity index (χ0v) is 18.6. The maximum absolute atomic E-state index is 13.2. The van der Waals surface area contributed by atoms with Crippen molar-refractivity contribution in [2.24, 2.45) is 5.92 Å². The van der Waals surface area contributed by atoms with Gasteiger partial charge in [-0.25, -0.2) is 4.68 Å². The van der Waals surface area contributed by atoms with E-state index in [2.05, 4.69) is 31.2 Å². The molecule has 1 atom stereocenters. The Morgan fingerprint density at radius 3 is 2.47 bits per heavy atom. The smallest absolute Gasteiger partial charge is 0.227 e. The van der Waals surface area contributed by atoms with E-state index in [1.54, 1.807) is 10.9 Å². The molecule has 0 spiro atoms. The Kier molecular flexibility index (Phi) is 5.94. The van der Waals surface area contributed by atoms with Gasteiger partial charge in [0.1, 0.15) is 0 Å². The fourth-order valence-electron chi connectivity index (χ4n) is 4.52. The van der Waals surface area contributed by atoms with E-state index in [4.69, 9.17) is 11.6 Å². The Labute approximate surface area is 192 Å². The lowest BCUT2D eigenvalue weighted by Crippen LogP contribution is -2.52. The van der Waals surface area contributed by atoms with Gasteiger partial charge in [-0.05, 0) is 49.2 Å². The molecular formula is C23H26ClN7O. The van der Waals surface area contributed by atoms with E-state index in [0.717, 1.165) is 62.1 Å². The first-order valence-electron chi connectivity index (χ1n) is 11.1. The Balaban J connectivity index is 1.19. The van der Waals surface area contributed by atoms with Crippen LogP contribution in [0, 0.1) is 5.92 Å². The van der Waals surface area contributed by atoms with Gasteiger partial charge in [-0.2, -0.15) is 5.10 Å². The first kappa shape index (κ1) is 20.8. The third-order valence-corrected chi connectivity index (χ3v) is 6.47. The SMILES string of the molecule is O=C(C1CCCN(c2ccc(-n3cccn3)nn2)C1)N1CCN(c2cccc(Cl)c2)CC1. The lowest BCUT2D eigenvalue weighted by molar-refractivity contribution is -0.136. The molecule has 1 aromatic carbocycles. The lowest BCUT2D eigenvalue weighted by atomic mass is 9.96. The van der Waals surface area contributed by atoms with Crippen LogP contribution in [0.25, 0.3) is 5.82 Å². The van der Waals surface area contributed by atoms with Crippen LogP contribution in [-0.2, 0) is 4.79 Å². The van der Waals surface area contributed by atoms with Gasteiger partial charge in [0.25, 0.3) is 0 Å². The third-order valence-electron chi connectivity index (χ3n) is 6.23. The highest BCUT2D eigenvalue weighted by Crippen LogP contribution is 2.25. The Hall–Kier alpha value is -3.13. The number of aromatic nitrogens is 4. The lowest BCUT2D eigenvalue weighted by Gasteiger charge is -2.40. The summed E-state index contributed by atoms with van der Waals surface area (Å²) in [5.74, 6) is 1.74. The molecule has 0 aliphatic carbocycles. The fourth-order valence-corrected chi connectivity index (χ4v) is 4.70. The molecule has 166 valence electrons. The number of piperidine rings is 1. The number of nitrogens with zero attached hydrogens (tertiary/aromatic N) is 7. The van der Waals surface area contributed by atoms with Gasteiger partial charge in [0.15, 0.2) is 11.6 Å². The monoisotopic (exact) mass is 451 g/mol. The second kappa shape index (κ2) is 9.16. The Bertz CT molecular complexity index is 1050. The van der Waals surface area contributed by atoms with Crippen LogP contribution in [0.15, 0.2) is 54.9 Å². The van der Waals surface area contributed by atoms with E-state index >= 15 is 0 Å². The zero-order chi connectivity index (χ0) is 21.9. The number of halogens is 1. The summed E-state index contributed by atoms with van der Waals surface area (Å²) in [5, 5.41) is 13.6. The number of hydrogen-bond donors (Lipinski definition) is 0. The molecule has 2 fully saturated rings. The van der Waals surface area contributed by atoms with Crippen molar-refractivity contribution in [2.45, 2.75) is 12.8 Å². The number of carbonyl (C=O) groups is 1. The number of piperazine rings is 1. The topological polar surface area (TPSA) is 70.4 Å². The van der Waals surface area contributed by atoms with Gasteiger partial charge >= 0.3 is 0 Å². The molecule has 1 amide bonds. The van der Waals surface area contributed by atoms with Crippen LogP contribution in [0.5, 0.6) is 0 Å². The molecule has 2 aromatic heterocycles. The van der Waals surface area contributed by atoms with E-state index in [-0.39, 0.29) is 11.8 Å². The van der Waals surface area contributed by atoms with Crippen molar-refractivity contribution in [3.8, 4) is 5.82 Å². The zero-order valence-electron chi connectivity index (χ0n) is 17.8. The van der Waals surface area contributed by atoms with Crippen LogP contribution in [0.3, 0.4) is 0 Å². The molecule has 0 N–H and O–H groups in total. The predicted octanol–water partition coefficient (Wildman–Crippen LogP) is 2.88. The van der Waals surface area contributed by atoms with Crippen molar-refractivity contribution in [1.82, 2.24) is 24.9 Å². The summed E-state index contributed by atoms with van der Waals surface area (Å²) in [5.41, 5.74) is 1.12. The van der Waals surface area contributed by atoms with Crippen LogP contribution < -0.4 is 9.80 Å². The molecule has 2 aliphatic rings. The molecule has 9 heteroatoms. The van der Waals surface area contributed by atoms with Gasteiger partial charge in [0.2, 0.25) is 5.91 Å². The summed E-state index contributed by atoms with van der Waals surface area (Å²) in [7, 11) is 0. The van der Waals surface area contributed by atoms with Crippen LogP contribution in [0.1, 0.15) is 12.8 Å². The largest absolute Gasteiger partial charge is 0.368 e. The van der Waals surface area contributed by atoms with Gasteiger partial charge < -0.3 is 14.7 Å². The minimum atomic E-state index is -0.00550. The summed E-state index contributed by atoms with van der Waals surface area (Å²) in [6.07, 6.45) is 5.45. The second-order valence-corrected chi connectivity index (χ2v) is 8.71. The van der Waals surface area contributed by atoms with Crippen LogP contribution in [0.4, 0.5) is 11.5 Å². The molecule has 5 rings (SSSR count). The van der Waals surface area contributed by atoms with E-state index in [9.17, 15) is 4.79 Å². The summed E-state index contributed by atoms with van der Waals surface area (Å²) in [6, 6.07) is 13.6. The third kappa shape index (κ3) is 4.41. The first-order chi connectivity index (χ1) is 15.7. The summed E-state index contributed by atoms with van der Waals surface area (Å²) < 4.78 is 1.68. The van der Waals surface area contributed by atoms with Gasteiger partial charge in [0.05, 0.1) is 5.92 Å². The van der Waals surface area contributed by atoms with Crippen molar-refractivity contribution >= 4 is 29.0 Å². The first-order valence-corrected chi connectivity index (χ1v) is 11.4. The molecule has 0 saturated carbocycles. The van der Waals surface area contributed by atoms with Crippen molar-refractivity contribution in [1.29, 1.82) is 0 Å². The van der Waals surface area contributed by atoms with Gasteiger partial charge in [-0.1, -0.05) is 17.7 Å². The molecule has 2 saturated heterocycles. The highest BCUT2D eigenvalue weighted by molar-refractivity contribution is 6.30. The molecule has 2 aliphatic heterocycles. The summed E-state index contributed by atoms with van der Waals surface area (Å²) in [4.78, 5) is 19.7. The number of benzene rings is 1. The quantitative estimate of drug-likeness (QED) is 0.607. The van der Waals surface area contributed by atoms with E-state index in [1.807, 2.05) is 47.5 Å². The molecular weight excluding hydrogens is 426 g/mol. The normalized spacial score (nSPS) is 19.3.